The first-order valence-corrected chi connectivity index (χ1v) is 7.43. The Labute approximate surface area is 119 Å². The second-order valence-corrected chi connectivity index (χ2v) is 6.22. The molecule has 0 aromatic carbocycles. The molecule has 0 radical (unpaired) electrons. The van der Waals surface area contributed by atoms with Gasteiger partial charge in [-0.25, -0.2) is 0 Å². The van der Waals surface area contributed by atoms with Crippen molar-refractivity contribution in [3.63, 3.8) is 0 Å². The summed E-state index contributed by atoms with van der Waals surface area (Å²) in [5, 5.41) is 9.09. The van der Waals surface area contributed by atoms with E-state index in [1.165, 1.54) is 19.3 Å². The smallest absolute Gasteiger partial charge is 0.325 e. The highest BCUT2D eigenvalue weighted by atomic mass is 16.4. The quantitative estimate of drug-likeness (QED) is 0.773. The van der Waals surface area contributed by atoms with Gasteiger partial charge in [0.15, 0.2) is 0 Å². The zero-order chi connectivity index (χ0) is 14.8. The minimum absolute atomic E-state index is 0.0755. The van der Waals surface area contributed by atoms with E-state index in [1.807, 2.05) is 16.8 Å². The zero-order valence-corrected chi connectivity index (χ0v) is 12.2. The van der Waals surface area contributed by atoms with Crippen molar-refractivity contribution in [1.82, 2.24) is 9.80 Å². The third-order valence-corrected chi connectivity index (χ3v) is 4.68. The van der Waals surface area contributed by atoms with Crippen molar-refractivity contribution in [3.05, 3.63) is 0 Å². The number of hydrogen-bond donors (Lipinski definition) is 2. The highest BCUT2D eigenvalue weighted by molar-refractivity contribution is 5.81. The van der Waals surface area contributed by atoms with Gasteiger partial charge in [0.1, 0.15) is 5.54 Å². The Morgan fingerprint density at radius 1 is 1.35 bits per heavy atom. The maximum atomic E-state index is 12.3. The predicted molar refractivity (Wildman–Crippen MR) is 75.3 cm³/mol. The second-order valence-electron chi connectivity index (χ2n) is 6.22. The average Bonchev–Trinajstić information content (AvgIpc) is 2.82. The molecule has 3 N–H and O–H groups in total. The molecule has 2 fully saturated rings. The maximum Gasteiger partial charge on any atom is 0.325 e. The summed E-state index contributed by atoms with van der Waals surface area (Å²) in [6.45, 7) is 1.11. The molecular formula is C14H25N3O3. The number of likely N-dealkylation sites (N-methyl/N-ethyl adjacent to an activating group) is 1. The van der Waals surface area contributed by atoms with Crippen LogP contribution in [0.4, 0.5) is 0 Å². The molecule has 1 unspecified atom stereocenters. The lowest BCUT2D eigenvalue weighted by Gasteiger charge is -2.32. The minimum Gasteiger partial charge on any atom is -0.480 e. The molecule has 20 heavy (non-hydrogen) atoms. The number of rotatable bonds is 4. The molecule has 1 heterocycles. The number of amides is 1. The molecule has 1 aliphatic carbocycles. The molecule has 0 aromatic rings. The average molecular weight is 283 g/mol. The molecule has 114 valence electrons. The SMILES string of the molecule is CN(C(=O)CN1CCC(N)(C(=O)O)C1)C1CCCCC1. The van der Waals surface area contributed by atoms with E-state index in [2.05, 4.69) is 0 Å². The van der Waals surface area contributed by atoms with E-state index < -0.39 is 11.5 Å². The number of nitrogens with zero attached hydrogens (tertiary/aromatic N) is 2. The topological polar surface area (TPSA) is 86.9 Å². The Bertz CT molecular complexity index is 382. The highest BCUT2D eigenvalue weighted by Crippen LogP contribution is 2.23. The summed E-state index contributed by atoms with van der Waals surface area (Å²) in [6, 6.07) is 0.348. The number of carbonyl (C=O) groups excluding carboxylic acids is 1. The lowest BCUT2D eigenvalue weighted by Crippen LogP contribution is -2.51. The van der Waals surface area contributed by atoms with Gasteiger partial charge >= 0.3 is 5.97 Å². The third kappa shape index (κ3) is 3.30. The van der Waals surface area contributed by atoms with Crippen LogP contribution in [0.15, 0.2) is 0 Å². The standard InChI is InChI=1S/C14H25N3O3/c1-16(11-5-3-2-4-6-11)12(18)9-17-8-7-14(15,10-17)13(19)20/h11H,2-10,15H2,1H3,(H,19,20). The van der Waals surface area contributed by atoms with Crippen LogP contribution in [0.2, 0.25) is 0 Å². The molecule has 1 saturated heterocycles. The van der Waals surface area contributed by atoms with Gasteiger partial charge in [0, 0.05) is 26.2 Å². The number of aliphatic carboxylic acids is 1. The van der Waals surface area contributed by atoms with Crippen LogP contribution in [0.25, 0.3) is 0 Å². The largest absolute Gasteiger partial charge is 0.480 e. The van der Waals surface area contributed by atoms with Crippen molar-refractivity contribution in [2.75, 3.05) is 26.7 Å². The van der Waals surface area contributed by atoms with Gasteiger partial charge in [0.2, 0.25) is 5.91 Å². The summed E-state index contributed by atoms with van der Waals surface area (Å²) in [6.07, 6.45) is 6.21. The number of likely N-dealkylation sites (tertiary alicyclic amines) is 1. The summed E-state index contributed by atoms with van der Waals surface area (Å²) in [5.74, 6) is -0.903. The predicted octanol–water partition coefficient (Wildman–Crippen LogP) is 0.265. The maximum absolute atomic E-state index is 12.3. The molecule has 2 rings (SSSR count). The van der Waals surface area contributed by atoms with E-state index in [0.717, 1.165) is 12.8 Å². The molecule has 0 spiro atoms. The summed E-state index contributed by atoms with van der Waals surface area (Å²) >= 11 is 0. The van der Waals surface area contributed by atoms with Crippen molar-refractivity contribution in [3.8, 4) is 0 Å². The number of carbonyl (C=O) groups is 2. The van der Waals surface area contributed by atoms with E-state index in [1.54, 1.807) is 0 Å². The second kappa shape index (κ2) is 6.10. The summed E-state index contributed by atoms with van der Waals surface area (Å²) < 4.78 is 0. The van der Waals surface area contributed by atoms with Crippen LogP contribution < -0.4 is 5.73 Å². The van der Waals surface area contributed by atoms with Crippen LogP contribution in [0.1, 0.15) is 38.5 Å². The number of hydrogen-bond acceptors (Lipinski definition) is 4. The zero-order valence-electron chi connectivity index (χ0n) is 12.2. The molecule has 1 amide bonds. The van der Waals surface area contributed by atoms with Gasteiger partial charge in [-0.15, -0.1) is 0 Å². The first-order chi connectivity index (χ1) is 9.42. The van der Waals surface area contributed by atoms with E-state index in [4.69, 9.17) is 10.8 Å². The highest BCUT2D eigenvalue weighted by Gasteiger charge is 2.41. The van der Waals surface area contributed by atoms with Gasteiger partial charge in [-0.3, -0.25) is 14.5 Å². The van der Waals surface area contributed by atoms with Gasteiger partial charge < -0.3 is 15.7 Å². The van der Waals surface area contributed by atoms with Crippen molar-refractivity contribution < 1.29 is 14.7 Å². The molecule has 0 bridgehead atoms. The van der Waals surface area contributed by atoms with Gasteiger partial charge in [0.05, 0.1) is 6.54 Å². The van der Waals surface area contributed by atoms with Crippen molar-refractivity contribution in [2.24, 2.45) is 5.73 Å². The van der Waals surface area contributed by atoms with Crippen LogP contribution in [0, 0.1) is 0 Å². The van der Waals surface area contributed by atoms with E-state index >= 15 is 0 Å². The summed E-state index contributed by atoms with van der Waals surface area (Å²) in [4.78, 5) is 27.1. The molecule has 6 heteroatoms. The number of carboxylic acid groups (broad SMARTS) is 1. The van der Waals surface area contributed by atoms with Crippen LogP contribution >= 0.6 is 0 Å². The van der Waals surface area contributed by atoms with Crippen LogP contribution in [-0.4, -0.2) is 65.0 Å². The molecule has 1 atom stereocenters. The Hall–Kier alpha value is -1.14. The molecule has 6 nitrogen and oxygen atoms in total. The lowest BCUT2D eigenvalue weighted by molar-refractivity contribution is -0.143. The molecule has 2 aliphatic rings. The summed E-state index contributed by atoms with van der Waals surface area (Å²) in [5.41, 5.74) is 4.63. The van der Waals surface area contributed by atoms with E-state index in [-0.39, 0.29) is 19.0 Å². The number of nitrogens with two attached hydrogens (primary N) is 1. The lowest BCUT2D eigenvalue weighted by atomic mass is 9.94. The molecule has 1 saturated carbocycles. The number of carboxylic acids is 1. The molecular weight excluding hydrogens is 258 g/mol. The fourth-order valence-electron chi connectivity index (χ4n) is 3.20. The monoisotopic (exact) mass is 283 g/mol. The van der Waals surface area contributed by atoms with Crippen LogP contribution in [0.5, 0.6) is 0 Å². The Morgan fingerprint density at radius 3 is 2.55 bits per heavy atom. The van der Waals surface area contributed by atoms with E-state index in [0.29, 0.717) is 19.0 Å². The van der Waals surface area contributed by atoms with Crippen LogP contribution in [-0.2, 0) is 9.59 Å². The Balaban J connectivity index is 1.84. The van der Waals surface area contributed by atoms with Gasteiger partial charge in [-0.05, 0) is 19.3 Å². The third-order valence-electron chi connectivity index (χ3n) is 4.68. The summed E-state index contributed by atoms with van der Waals surface area (Å²) in [7, 11) is 1.86. The first kappa shape index (κ1) is 15.3. The van der Waals surface area contributed by atoms with Crippen molar-refractivity contribution >= 4 is 11.9 Å². The van der Waals surface area contributed by atoms with Crippen molar-refractivity contribution in [2.45, 2.75) is 50.1 Å². The first-order valence-electron chi connectivity index (χ1n) is 7.43. The fourth-order valence-corrected chi connectivity index (χ4v) is 3.20. The van der Waals surface area contributed by atoms with E-state index in [9.17, 15) is 9.59 Å². The van der Waals surface area contributed by atoms with Gasteiger partial charge in [-0.2, -0.15) is 0 Å². The van der Waals surface area contributed by atoms with Crippen LogP contribution in [0.3, 0.4) is 0 Å². The fraction of sp³-hybridized carbons (Fsp3) is 0.857. The van der Waals surface area contributed by atoms with Crippen molar-refractivity contribution in [1.29, 1.82) is 0 Å². The Kier molecular flexibility index (Phi) is 4.65. The Morgan fingerprint density at radius 2 is 2.00 bits per heavy atom. The minimum atomic E-state index is -1.19. The molecule has 0 aromatic heterocycles. The van der Waals surface area contributed by atoms with Gasteiger partial charge in [0.25, 0.3) is 0 Å². The molecule has 1 aliphatic heterocycles. The normalized spacial score (nSPS) is 28.5. The van der Waals surface area contributed by atoms with Gasteiger partial charge in [-0.1, -0.05) is 19.3 Å².